The fraction of sp³-hybridized carbons (Fsp3) is 0.421. The van der Waals surface area contributed by atoms with E-state index in [1.54, 1.807) is 0 Å². The molecule has 116 valence electrons. The van der Waals surface area contributed by atoms with Crippen LogP contribution in [0.1, 0.15) is 31.4 Å². The number of benzene rings is 2. The van der Waals surface area contributed by atoms with Crippen LogP contribution in [-0.2, 0) is 11.3 Å². The second kappa shape index (κ2) is 6.93. The number of aryl methyl sites for hydroxylation is 1. The Morgan fingerprint density at radius 3 is 2.68 bits per heavy atom. The van der Waals surface area contributed by atoms with Crippen molar-refractivity contribution < 1.29 is 4.84 Å². The third kappa shape index (κ3) is 3.00. The van der Waals surface area contributed by atoms with E-state index in [0.717, 1.165) is 38.2 Å². The Morgan fingerprint density at radius 1 is 1.05 bits per heavy atom. The van der Waals surface area contributed by atoms with Gasteiger partial charge in [0, 0.05) is 12.1 Å². The minimum absolute atomic E-state index is 0.661. The molecule has 3 nitrogen and oxygen atoms in total. The minimum Gasteiger partial charge on any atom is -0.394 e. The summed E-state index contributed by atoms with van der Waals surface area (Å²) in [4.78, 5) is 7.91. The maximum Gasteiger partial charge on any atom is 0.129 e. The smallest absolute Gasteiger partial charge is 0.129 e. The summed E-state index contributed by atoms with van der Waals surface area (Å²) in [7, 11) is 0. The van der Waals surface area contributed by atoms with Crippen molar-refractivity contribution in [2.24, 2.45) is 5.16 Å². The summed E-state index contributed by atoms with van der Waals surface area (Å²) in [5.41, 5.74) is 3.78. The zero-order valence-electron chi connectivity index (χ0n) is 13.5. The first-order valence-electron chi connectivity index (χ1n) is 8.25. The molecule has 22 heavy (non-hydrogen) atoms. The van der Waals surface area contributed by atoms with Crippen molar-refractivity contribution in [1.29, 1.82) is 0 Å². The van der Waals surface area contributed by atoms with Crippen molar-refractivity contribution >= 4 is 16.5 Å². The van der Waals surface area contributed by atoms with Gasteiger partial charge in [-0.15, -0.1) is 0 Å². The average Bonchev–Trinajstić information content (AvgIpc) is 2.98. The van der Waals surface area contributed by atoms with E-state index in [-0.39, 0.29) is 0 Å². The highest BCUT2D eigenvalue weighted by Crippen LogP contribution is 2.30. The maximum atomic E-state index is 5.57. The monoisotopic (exact) mass is 296 g/mol. The molecule has 0 radical (unpaired) electrons. The van der Waals surface area contributed by atoms with E-state index in [0.29, 0.717) is 6.61 Å². The number of nitrogens with zero attached hydrogens (tertiary/aromatic N) is 2. The normalized spacial score (nSPS) is 15.7. The van der Waals surface area contributed by atoms with Crippen LogP contribution in [0.15, 0.2) is 41.6 Å². The number of likely N-dealkylation sites (N-methyl/N-ethyl adjacent to an activating group) is 1. The lowest BCUT2D eigenvalue weighted by Gasteiger charge is -2.16. The molecule has 0 heterocycles. The predicted octanol–water partition coefficient (Wildman–Crippen LogP) is 3.85. The summed E-state index contributed by atoms with van der Waals surface area (Å²) in [6, 6.07) is 13.0. The van der Waals surface area contributed by atoms with Gasteiger partial charge in [0.05, 0.1) is 5.71 Å². The van der Waals surface area contributed by atoms with Gasteiger partial charge in [0.1, 0.15) is 6.61 Å². The van der Waals surface area contributed by atoms with Crippen LogP contribution in [0.5, 0.6) is 0 Å². The molecule has 0 unspecified atom stereocenters. The molecule has 0 spiro atoms. The molecule has 0 saturated carbocycles. The van der Waals surface area contributed by atoms with E-state index in [2.05, 4.69) is 60.3 Å². The quantitative estimate of drug-likeness (QED) is 0.597. The van der Waals surface area contributed by atoms with Crippen molar-refractivity contribution in [3.8, 4) is 0 Å². The lowest BCUT2D eigenvalue weighted by molar-refractivity contribution is 0.114. The number of hydrogen-bond donors (Lipinski definition) is 0. The zero-order chi connectivity index (χ0) is 15.4. The molecule has 0 atom stereocenters. The molecule has 0 aliphatic heterocycles. The Hall–Kier alpha value is -1.87. The molecule has 1 aliphatic rings. The van der Waals surface area contributed by atoms with Crippen LogP contribution >= 0.6 is 0 Å². The van der Waals surface area contributed by atoms with Crippen molar-refractivity contribution in [2.75, 3.05) is 26.2 Å². The van der Waals surface area contributed by atoms with Gasteiger partial charge < -0.3 is 9.74 Å². The van der Waals surface area contributed by atoms with E-state index in [4.69, 9.17) is 4.84 Å². The summed E-state index contributed by atoms with van der Waals surface area (Å²) >= 11 is 0. The summed E-state index contributed by atoms with van der Waals surface area (Å²) in [6.07, 6.45) is 2.05. The summed E-state index contributed by atoms with van der Waals surface area (Å²) in [6.45, 7) is 8.07. The van der Waals surface area contributed by atoms with Crippen LogP contribution < -0.4 is 0 Å². The van der Waals surface area contributed by atoms with Crippen LogP contribution in [0.3, 0.4) is 0 Å². The van der Waals surface area contributed by atoms with E-state index in [1.807, 2.05) is 0 Å². The molecule has 3 rings (SSSR count). The molecule has 2 aromatic carbocycles. The van der Waals surface area contributed by atoms with E-state index in [9.17, 15) is 0 Å². The Balaban J connectivity index is 1.71. The molecule has 2 aromatic rings. The lowest BCUT2D eigenvalue weighted by atomic mass is 10.0. The first kappa shape index (κ1) is 15.0. The van der Waals surface area contributed by atoms with E-state index in [1.165, 1.54) is 21.9 Å². The second-order valence-corrected chi connectivity index (χ2v) is 5.71. The van der Waals surface area contributed by atoms with Gasteiger partial charge in [0.25, 0.3) is 0 Å². The van der Waals surface area contributed by atoms with E-state index >= 15 is 0 Å². The Bertz CT molecular complexity index is 674. The van der Waals surface area contributed by atoms with Crippen molar-refractivity contribution in [2.45, 2.75) is 26.7 Å². The molecule has 0 fully saturated rings. The van der Waals surface area contributed by atoms with E-state index < -0.39 is 0 Å². The molecular weight excluding hydrogens is 272 g/mol. The minimum atomic E-state index is 0.661. The topological polar surface area (TPSA) is 24.8 Å². The average molecular weight is 296 g/mol. The largest absolute Gasteiger partial charge is 0.394 e. The van der Waals surface area contributed by atoms with Crippen LogP contribution in [0.25, 0.3) is 10.8 Å². The van der Waals surface area contributed by atoms with Gasteiger partial charge >= 0.3 is 0 Å². The highest BCUT2D eigenvalue weighted by molar-refractivity contribution is 6.08. The van der Waals surface area contributed by atoms with Crippen LogP contribution in [0.2, 0.25) is 0 Å². The second-order valence-electron chi connectivity index (χ2n) is 5.71. The van der Waals surface area contributed by atoms with Crippen LogP contribution in [-0.4, -0.2) is 36.9 Å². The predicted molar refractivity (Wildman–Crippen MR) is 92.5 cm³/mol. The number of rotatable bonds is 6. The van der Waals surface area contributed by atoms with Gasteiger partial charge in [0.2, 0.25) is 0 Å². The third-order valence-electron chi connectivity index (χ3n) is 4.53. The van der Waals surface area contributed by atoms with Gasteiger partial charge in [-0.2, -0.15) is 0 Å². The fourth-order valence-corrected chi connectivity index (χ4v) is 3.18. The van der Waals surface area contributed by atoms with Gasteiger partial charge in [-0.3, -0.25) is 0 Å². The SMILES string of the molecule is CCN(CC)CCO/N=C1\CCc2c1ccc1ccccc21. The number of hydrogen-bond acceptors (Lipinski definition) is 3. The molecule has 0 aromatic heterocycles. The number of oxime groups is 1. The van der Waals surface area contributed by atoms with Gasteiger partial charge in [-0.05, 0) is 42.3 Å². The van der Waals surface area contributed by atoms with Crippen LogP contribution in [0.4, 0.5) is 0 Å². The van der Waals surface area contributed by atoms with Gasteiger partial charge in [-0.25, -0.2) is 0 Å². The molecule has 3 heteroatoms. The highest BCUT2D eigenvalue weighted by Gasteiger charge is 2.20. The lowest BCUT2D eigenvalue weighted by Crippen LogP contribution is -2.26. The highest BCUT2D eigenvalue weighted by atomic mass is 16.6. The Kier molecular flexibility index (Phi) is 4.74. The number of fused-ring (bicyclic) bond motifs is 3. The molecule has 0 saturated heterocycles. The summed E-state index contributed by atoms with van der Waals surface area (Å²) in [5.74, 6) is 0. The van der Waals surface area contributed by atoms with Crippen molar-refractivity contribution in [3.05, 3.63) is 47.5 Å². The summed E-state index contributed by atoms with van der Waals surface area (Å²) < 4.78 is 0. The molecule has 0 N–H and O–H groups in total. The fourth-order valence-electron chi connectivity index (χ4n) is 3.18. The third-order valence-corrected chi connectivity index (χ3v) is 4.53. The first-order valence-corrected chi connectivity index (χ1v) is 8.25. The van der Waals surface area contributed by atoms with Crippen LogP contribution in [0, 0.1) is 0 Å². The standard InChI is InChI=1S/C19H24N2O/c1-3-21(4-2)13-14-22-20-19-12-11-17-16-8-6-5-7-15(16)9-10-18(17)19/h5-10H,3-4,11-14H2,1-2H3/b20-19+. The zero-order valence-corrected chi connectivity index (χ0v) is 13.5. The summed E-state index contributed by atoms with van der Waals surface area (Å²) in [5, 5.41) is 7.07. The van der Waals surface area contributed by atoms with Gasteiger partial charge in [0.15, 0.2) is 0 Å². The Labute approximate surface area is 132 Å². The maximum absolute atomic E-state index is 5.57. The van der Waals surface area contributed by atoms with Gasteiger partial charge in [-0.1, -0.05) is 55.4 Å². The first-order chi connectivity index (χ1) is 10.8. The molecule has 1 aliphatic carbocycles. The molecular formula is C19H24N2O. The van der Waals surface area contributed by atoms with Crippen molar-refractivity contribution in [3.63, 3.8) is 0 Å². The molecule has 0 amide bonds. The Morgan fingerprint density at radius 2 is 1.86 bits per heavy atom. The molecule has 0 bridgehead atoms. The van der Waals surface area contributed by atoms with Crippen molar-refractivity contribution in [1.82, 2.24) is 4.90 Å².